The third-order valence-electron chi connectivity index (χ3n) is 4.57. The van der Waals surface area contributed by atoms with Gasteiger partial charge < -0.3 is 10.2 Å². The number of nitrogens with zero attached hydrogens (tertiary/aromatic N) is 1. The molecule has 0 radical (unpaired) electrons. The normalized spacial score (nSPS) is 20.0. The molecule has 3 rings (SSSR count). The molecule has 1 saturated heterocycles. The van der Waals surface area contributed by atoms with Crippen LogP contribution < -0.4 is 5.32 Å². The van der Waals surface area contributed by atoms with Crippen molar-refractivity contribution in [3.63, 3.8) is 0 Å². The number of benzene rings is 1. The zero-order chi connectivity index (χ0) is 15.0. The summed E-state index contributed by atoms with van der Waals surface area (Å²) in [7, 11) is 0. The van der Waals surface area contributed by atoms with Gasteiger partial charge in [-0.15, -0.1) is 0 Å². The van der Waals surface area contributed by atoms with Gasteiger partial charge in [0.25, 0.3) is 0 Å². The average molecular weight is 311 g/mol. The van der Waals surface area contributed by atoms with Crippen molar-refractivity contribution in [2.24, 2.45) is 11.8 Å². The molecule has 1 aromatic carbocycles. The summed E-state index contributed by atoms with van der Waals surface area (Å²) < 4.78 is 14.0. The molecule has 3 nitrogen and oxygen atoms in total. The van der Waals surface area contributed by atoms with Crippen molar-refractivity contribution >= 4 is 17.5 Å². The van der Waals surface area contributed by atoms with Gasteiger partial charge in [-0.2, -0.15) is 0 Å². The molecule has 1 heterocycles. The quantitative estimate of drug-likeness (QED) is 0.907. The Balaban J connectivity index is 1.77. The van der Waals surface area contributed by atoms with Crippen molar-refractivity contribution in [2.75, 3.05) is 13.1 Å². The van der Waals surface area contributed by atoms with E-state index in [1.165, 1.54) is 6.07 Å². The Bertz CT molecular complexity index is 523. The minimum Gasteiger partial charge on any atom is -0.335 e. The second-order valence-electron chi connectivity index (χ2n) is 6.10. The zero-order valence-corrected chi connectivity index (χ0v) is 12.9. The molecule has 0 aromatic heterocycles. The van der Waals surface area contributed by atoms with Gasteiger partial charge in [-0.1, -0.05) is 24.6 Å². The predicted molar refractivity (Wildman–Crippen MR) is 80.5 cm³/mol. The lowest BCUT2D eigenvalue weighted by Gasteiger charge is -2.35. The SMILES string of the molecule is CC(C(=O)N(Cc1c(F)cccc1Cl)C1CC1)C1CNC1. The third-order valence-corrected chi connectivity index (χ3v) is 4.92. The van der Waals surface area contributed by atoms with E-state index in [0.717, 1.165) is 25.9 Å². The molecule has 21 heavy (non-hydrogen) atoms. The lowest BCUT2D eigenvalue weighted by molar-refractivity contribution is -0.138. The largest absolute Gasteiger partial charge is 0.335 e. The highest BCUT2D eigenvalue weighted by Crippen LogP contribution is 2.33. The molecule has 1 saturated carbocycles. The maximum absolute atomic E-state index is 14.0. The van der Waals surface area contributed by atoms with E-state index in [9.17, 15) is 9.18 Å². The molecule has 114 valence electrons. The molecule has 1 amide bonds. The molecule has 1 aliphatic heterocycles. The summed E-state index contributed by atoms with van der Waals surface area (Å²) >= 11 is 6.10. The van der Waals surface area contributed by atoms with Gasteiger partial charge in [0.1, 0.15) is 5.82 Å². The number of amides is 1. The highest BCUT2D eigenvalue weighted by atomic mass is 35.5. The topological polar surface area (TPSA) is 32.3 Å². The van der Waals surface area contributed by atoms with Crippen LogP contribution in [0.5, 0.6) is 0 Å². The van der Waals surface area contributed by atoms with E-state index in [4.69, 9.17) is 11.6 Å². The van der Waals surface area contributed by atoms with Gasteiger partial charge >= 0.3 is 0 Å². The average Bonchev–Trinajstić information content (AvgIpc) is 3.20. The van der Waals surface area contributed by atoms with Crippen molar-refractivity contribution in [1.29, 1.82) is 0 Å². The molecule has 1 aliphatic carbocycles. The van der Waals surface area contributed by atoms with E-state index in [1.807, 2.05) is 11.8 Å². The monoisotopic (exact) mass is 310 g/mol. The zero-order valence-electron chi connectivity index (χ0n) is 12.1. The molecule has 2 aliphatic rings. The smallest absolute Gasteiger partial charge is 0.226 e. The molecule has 1 unspecified atom stereocenters. The van der Waals surface area contributed by atoms with Gasteiger partial charge in [-0.25, -0.2) is 4.39 Å². The summed E-state index contributed by atoms with van der Waals surface area (Å²) in [5.41, 5.74) is 0.429. The summed E-state index contributed by atoms with van der Waals surface area (Å²) in [5, 5.41) is 3.59. The Morgan fingerprint density at radius 3 is 2.71 bits per heavy atom. The van der Waals surface area contributed by atoms with E-state index >= 15 is 0 Å². The summed E-state index contributed by atoms with van der Waals surface area (Å²) in [4.78, 5) is 14.5. The number of carbonyl (C=O) groups is 1. The first-order valence-corrected chi connectivity index (χ1v) is 7.90. The Kier molecular flexibility index (Phi) is 4.18. The molecule has 5 heteroatoms. The van der Waals surface area contributed by atoms with E-state index in [-0.39, 0.29) is 30.2 Å². The van der Waals surface area contributed by atoms with Crippen LogP contribution >= 0.6 is 11.6 Å². The summed E-state index contributed by atoms with van der Waals surface area (Å²) in [5.74, 6) is 0.175. The Morgan fingerprint density at radius 2 is 2.19 bits per heavy atom. The number of nitrogens with one attached hydrogen (secondary N) is 1. The van der Waals surface area contributed by atoms with Crippen molar-refractivity contribution in [3.8, 4) is 0 Å². The minimum atomic E-state index is -0.334. The van der Waals surface area contributed by atoms with Gasteiger partial charge in [0.05, 0.1) is 6.54 Å². The van der Waals surface area contributed by atoms with Gasteiger partial charge in [0.15, 0.2) is 0 Å². The standard InChI is InChI=1S/C16H20ClFN2O/c1-10(11-7-19-8-11)16(21)20(12-5-6-12)9-13-14(17)3-2-4-15(13)18/h2-4,10-12,19H,5-9H2,1H3. The molecule has 1 atom stereocenters. The Morgan fingerprint density at radius 1 is 1.48 bits per heavy atom. The van der Waals surface area contributed by atoms with Crippen LogP contribution in [-0.2, 0) is 11.3 Å². The number of carbonyl (C=O) groups excluding carboxylic acids is 1. The second-order valence-corrected chi connectivity index (χ2v) is 6.51. The lowest BCUT2D eigenvalue weighted by Crippen LogP contribution is -2.50. The van der Waals surface area contributed by atoms with Crippen LogP contribution in [-0.4, -0.2) is 29.9 Å². The molecule has 0 bridgehead atoms. The number of rotatable bonds is 5. The van der Waals surface area contributed by atoms with Crippen LogP contribution in [0.2, 0.25) is 5.02 Å². The molecular formula is C16H20ClFN2O. The maximum atomic E-state index is 14.0. The molecule has 1 N–H and O–H groups in total. The van der Waals surface area contributed by atoms with Gasteiger partial charge in [-0.05, 0) is 44.0 Å². The Labute approximate surface area is 129 Å². The van der Waals surface area contributed by atoms with E-state index in [1.54, 1.807) is 12.1 Å². The first kappa shape index (κ1) is 14.8. The van der Waals surface area contributed by atoms with Gasteiger partial charge in [0.2, 0.25) is 5.91 Å². The maximum Gasteiger partial charge on any atom is 0.226 e. The fourth-order valence-corrected chi connectivity index (χ4v) is 2.98. The second kappa shape index (κ2) is 5.93. The predicted octanol–water partition coefficient (Wildman–Crippen LogP) is 2.83. The van der Waals surface area contributed by atoms with E-state index < -0.39 is 0 Å². The van der Waals surface area contributed by atoms with Crippen molar-refractivity contribution in [1.82, 2.24) is 10.2 Å². The highest BCUT2D eigenvalue weighted by Gasteiger charge is 2.38. The molecule has 0 spiro atoms. The molecular weight excluding hydrogens is 291 g/mol. The first-order chi connectivity index (χ1) is 10.1. The summed E-state index contributed by atoms with van der Waals surface area (Å²) in [6.45, 7) is 4.05. The van der Waals surface area contributed by atoms with E-state index in [2.05, 4.69) is 5.32 Å². The van der Waals surface area contributed by atoms with E-state index in [0.29, 0.717) is 16.5 Å². The van der Waals surface area contributed by atoms with Crippen LogP contribution in [0.1, 0.15) is 25.3 Å². The van der Waals surface area contributed by atoms with Gasteiger partial charge in [0, 0.05) is 22.5 Å². The van der Waals surface area contributed by atoms with Crippen LogP contribution in [0, 0.1) is 17.7 Å². The van der Waals surface area contributed by atoms with Crippen molar-refractivity contribution in [2.45, 2.75) is 32.4 Å². The van der Waals surface area contributed by atoms with Gasteiger partial charge in [-0.3, -0.25) is 4.79 Å². The molecule has 1 aromatic rings. The van der Waals surface area contributed by atoms with Crippen LogP contribution in [0.25, 0.3) is 0 Å². The number of halogens is 2. The molecule has 2 fully saturated rings. The Hall–Kier alpha value is -1.13. The highest BCUT2D eigenvalue weighted by molar-refractivity contribution is 6.31. The first-order valence-electron chi connectivity index (χ1n) is 7.52. The van der Waals surface area contributed by atoms with Crippen molar-refractivity contribution in [3.05, 3.63) is 34.6 Å². The van der Waals surface area contributed by atoms with Crippen LogP contribution in [0.4, 0.5) is 4.39 Å². The summed E-state index contributed by atoms with van der Waals surface area (Å²) in [6, 6.07) is 4.92. The fraction of sp³-hybridized carbons (Fsp3) is 0.562. The van der Waals surface area contributed by atoms with Crippen LogP contribution in [0.3, 0.4) is 0 Å². The van der Waals surface area contributed by atoms with Crippen LogP contribution in [0.15, 0.2) is 18.2 Å². The number of hydrogen-bond donors (Lipinski definition) is 1. The third kappa shape index (κ3) is 3.06. The van der Waals surface area contributed by atoms with Crippen molar-refractivity contribution < 1.29 is 9.18 Å². The lowest BCUT2D eigenvalue weighted by atomic mass is 9.87. The number of hydrogen-bond acceptors (Lipinski definition) is 2. The fourth-order valence-electron chi connectivity index (χ4n) is 2.75. The minimum absolute atomic E-state index is 0.0163. The summed E-state index contributed by atoms with van der Waals surface area (Å²) in [6.07, 6.45) is 2.01.